The summed E-state index contributed by atoms with van der Waals surface area (Å²) in [6.07, 6.45) is 3.91. The molecule has 2 aromatic heterocycles. The lowest BCUT2D eigenvalue weighted by molar-refractivity contribution is 0.100. The molecule has 0 bridgehead atoms. The van der Waals surface area contributed by atoms with Crippen molar-refractivity contribution in [2.75, 3.05) is 5.32 Å². The van der Waals surface area contributed by atoms with E-state index in [1.54, 1.807) is 12.3 Å². The van der Waals surface area contributed by atoms with E-state index in [4.69, 9.17) is 5.73 Å². The Morgan fingerprint density at radius 1 is 1.22 bits per heavy atom. The maximum Gasteiger partial charge on any atom is 0.248 e. The first kappa shape index (κ1) is 17.5. The summed E-state index contributed by atoms with van der Waals surface area (Å²) >= 11 is 1.04. The quantitative estimate of drug-likeness (QED) is 0.699. The van der Waals surface area contributed by atoms with Crippen molar-refractivity contribution < 1.29 is 13.6 Å². The summed E-state index contributed by atoms with van der Waals surface area (Å²) in [7, 11) is 0. The first-order valence-electron chi connectivity index (χ1n) is 8.31. The molecule has 3 N–H and O–H groups in total. The van der Waals surface area contributed by atoms with Crippen LogP contribution >= 0.6 is 11.5 Å². The molecule has 9 heteroatoms. The molecule has 4 rings (SSSR count). The van der Waals surface area contributed by atoms with Crippen LogP contribution < -0.4 is 11.1 Å². The number of rotatable bonds is 5. The first-order valence-corrected chi connectivity index (χ1v) is 9.08. The van der Waals surface area contributed by atoms with Gasteiger partial charge in [-0.1, -0.05) is 0 Å². The van der Waals surface area contributed by atoms with Gasteiger partial charge in [-0.25, -0.2) is 8.78 Å². The Bertz CT molecular complexity index is 1020. The Morgan fingerprint density at radius 3 is 2.70 bits per heavy atom. The number of primary amides is 1. The number of anilines is 1. The van der Waals surface area contributed by atoms with Crippen LogP contribution in [0.15, 0.2) is 36.5 Å². The fourth-order valence-corrected chi connectivity index (χ4v) is 3.81. The van der Waals surface area contributed by atoms with Gasteiger partial charge in [0.05, 0.1) is 11.1 Å². The standard InChI is InChI=1S/C18H15F2N5OS/c19-12-5-4-10(15(21)26)9-11(12)16-23-17(27-25-16)24-18(6-2-7-18)14-13(20)3-1-8-22-14/h1,3-5,8-9H,2,6-7H2,(H2,21,26)(H,23,24,25). The average Bonchev–Trinajstić information content (AvgIpc) is 3.07. The zero-order valence-corrected chi connectivity index (χ0v) is 14.9. The van der Waals surface area contributed by atoms with Crippen LogP contribution in [0.3, 0.4) is 0 Å². The summed E-state index contributed by atoms with van der Waals surface area (Å²) in [4.78, 5) is 19.8. The van der Waals surface area contributed by atoms with Gasteiger partial charge in [-0.2, -0.15) is 9.36 Å². The van der Waals surface area contributed by atoms with E-state index >= 15 is 0 Å². The van der Waals surface area contributed by atoms with Crippen LogP contribution in [-0.2, 0) is 5.54 Å². The van der Waals surface area contributed by atoms with Crippen LogP contribution in [0.5, 0.6) is 0 Å². The second-order valence-corrected chi connectivity index (χ2v) is 7.13. The molecule has 1 aliphatic carbocycles. The van der Waals surface area contributed by atoms with Crippen LogP contribution in [0.4, 0.5) is 13.9 Å². The minimum Gasteiger partial charge on any atom is -0.366 e. The Morgan fingerprint density at radius 2 is 2.04 bits per heavy atom. The highest BCUT2D eigenvalue weighted by Crippen LogP contribution is 2.44. The lowest BCUT2D eigenvalue weighted by Gasteiger charge is -2.41. The van der Waals surface area contributed by atoms with Crippen LogP contribution in [0.1, 0.15) is 35.3 Å². The summed E-state index contributed by atoms with van der Waals surface area (Å²) in [5, 5.41) is 3.65. The smallest absolute Gasteiger partial charge is 0.248 e. The maximum atomic E-state index is 14.2. The maximum absolute atomic E-state index is 14.2. The second-order valence-electron chi connectivity index (χ2n) is 6.38. The van der Waals surface area contributed by atoms with Gasteiger partial charge in [-0.15, -0.1) is 0 Å². The lowest BCUT2D eigenvalue weighted by atomic mass is 9.74. The Balaban J connectivity index is 1.65. The molecule has 0 atom stereocenters. The molecule has 0 saturated heterocycles. The number of carbonyl (C=O) groups excluding carboxylic acids is 1. The summed E-state index contributed by atoms with van der Waals surface area (Å²) in [6, 6.07) is 6.70. The van der Waals surface area contributed by atoms with Crippen molar-refractivity contribution in [3.63, 3.8) is 0 Å². The molecular weight excluding hydrogens is 372 g/mol. The van der Waals surface area contributed by atoms with Gasteiger partial charge in [0.1, 0.15) is 17.3 Å². The van der Waals surface area contributed by atoms with Crippen molar-refractivity contribution >= 4 is 22.6 Å². The fourth-order valence-electron chi connectivity index (χ4n) is 3.13. The number of aromatic nitrogens is 3. The Labute approximate surface area is 157 Å². The zero-order chi connectivity index (χ0) is 19.0. The summed E-state index contributed by atoms with van der Waals surface area (Å²) in [5.41, 5.74) is 5.20. The van der Waals surface area contributed by atoms with Crippen molar-refractivity contribution in [3.05, 3.63) is 59.4 Å². The first-order chi connectivity index (χ1) is 13.0. The van der Waals surface area contributed by atoms with Gasteiger partial charge in [0.2, 0.25) is 11.0 Å². The van der Waals surface area contributed by atoms with E-state index in [9.17, 15) is 13.6 Å². The zero-order valence-electron chi connectivity index (χ0n) is 14.1. The number of carbonyl (C=O) groups is 1. The van der Waals surface area contributed by atoms with E-state index in [2.05, 4.69) is 19.7 Å². The van der Waals surface area contributed by atoms with Gasteiger partial charge < -0.3 is 11.1 Å². The summed E-state index contributed by atoms with van der Waals surface area (Å²) < 4.78 is 32.5. The largest absolute Gasteiger partial charge is 0.366 e. The van der Waals surface area contributed by atoms with E-state index < -0.39 is 17.3 Å². The van der Waals surface area contributed by atoms with Gasteiger partial charge >= 0.3 is 0 Å². The molecule has 0 aliphatic heterocycles. The third-order valence-corrected chi connectivity index (χ3v) is 5.31. The topological polar surface area (TPSA) is 93.8 Å². The van der Waals surface area contributed by atoms with Gasteiger partial charge in [0.25, 0.3) is 0 Å². The number of hydrogen-bond donors (Lipinski definition) is 2. The van der Waals surface area contributed by atoms with Gasteiger partial charge in [-0.3, -0.25) is 9.78 Å². The van der Waals surface area contributed by atoms with Gasteiger partial charge in [-0.05, 0) is 49.6 Å². The van der Waals surface area contributed by atoms with Gasteiger partial charge in [0, 0.05) is 23.3 Å². The molecule has 0 spiro atoms. The highest BCUT2D eigenvalue weighted by Gasteiger charge is 2.42. The number of pyridine rings is 1. The van der Waals surface area contributed by atoms with Crippen LogP contribution in [0.25, 0.3) is 11.4 Å². The molecule has 2 heterocycles. The SMILES string of the molecule is NC(=O)c1ccc(F)c(-c2nsc(NC3(c4ncccc4F)CCC3)n2)c1. The number of nitrogens with two attached hydrogens (primary N) is 1. The fraction of sp³-hybridized carbons (Fsp3) is 0.222. The molecule has 0 unspecified atom stereocenters. The highest BCUT2D eigenvalue weighted by molar-refractivity contribution is 7.09. The highest BCUT2D eigenvalue weighted by atomic mass is 32.1. The van der Waals surface area contributed by atoms with Crippen molar-refractivity contribution in [3.8, 4) is 11.4 Å². The molecule has 6 nitrogen and oxygen atoms in total. The van der Waals surface area contributed by atoms with Crippen molar-refractivity contribution in [1.82, 2.24) is 14.3 Å². The van der Waals surface area contributed by atoms with E-state index in [0.29, 0.717) is 23.7 Å². The molecule has 1 amide bonds. The number of benzene rings is 1. The lowest BCUT2D eigenvalue weighted by Crippen LogP contribution is -2.43. The van der Waals surface area contributed by atoms with Crippen molar-refractivity contribution in [2.45, 2.75) is 24.8 Å². The van der Waals surface area contributed by atoms with Crippen LogP contribution in [0, 0.1) is 11.6 Å². The van der Waals surface area contributed by atoms with E-state index in [-0.39, 0.29) is 22.8 Å². The molecule has 138 valence electrons. The molecule has 1 fully saturated rings. The normalized spacial score (nSPS) is 15.2. The predicted molar refractivity (Wildman–Crippen MR) is 97.2 cm³/mol. The minimum absolute atomic E-state index is 0.0854. The number of amides is 1. The minimum atomic E-state index is -0.663. The van der Waals surface area contributed by atoms with Crippen LogP contribution in [-0.4, -0.2) is 20.2 Å². The summed E-state index contributed by atoms with van der Waals surface area (Å²) in [5.74, 6) is -1.46. The Hall–Kier alpha value is -2.94. The van der Waals surface area contributed by atoms with Crippen LogP contribution in [0.2, 0.25) is 0 Å². The molecule has 1 aromatic carbocycles. The molecule has 1 aliphatic rings. The van der Waals surface area contributed by atoms with Crippen molar-refractivity contribution in [2.24, 2.45) is 5.73 Å². The number of hydrogen-bond acceptors (Lipinski definition) is 6. The number of nitrogens with zero attached hydrogens (tertiary/aromatic N) is 3. The van der Waals surface area contributed by atoms with E-state index in [1.807, 2.05) is 0 Å². The predicted octanol–water partition coefficient (Wildman–Crippen LogP) is 3.47. The average molecular weight is 387 g/mol. The van der Waals surface area contributed by atoms with E-state index in [0.717, 1.165) is 24.0 Å². The molecule has 0 radical (unpaired) electrons. The molecule has 3 aromatic rings. The second kappa shape index (κ2) is 6.66. The molecular formula is C18H15F2N5OS. The molecule has 1 saturated carbocycles. The Kier molecular flexibility index (Phi) is 4.31. The third-order valence-electron chi connectivity index (χ3n) is 4.68. The molecule has 27 heavy (non-hydrogen) atoms. The third kappa shape index (κ3) is 3.14. The van der Waals surface area contributed by atoms with Crippen molar-refractivity contribution in [1.29, 1.82) is 0 Å². The van der Waals surface area contributed by atoms with E-state index in [1.165, 1.54) is 18.2 Å². The number of halogens is 2. The summed E-state index contributed by atoms with van der Waals surface area (Å²) in [6.45, 7) is 0. The monoisotopic (exact) mass is 387 g/mol. The van der Waals surface area contributed by atoms with Gasteiger partial charge in [0.15, 0.2) is 5.82 Å². The number of nitrogens with one attached hydrogen (secondary N) is 1.